The summed E-state index contributed by atoms with van der Waals surface area (Å²) in [5.41, 5.74) is 4.82. The molecule has 0 aliphatic rings. The van der Waals surface area contributed by atoms with Crippen LogP contribution in [0.15, 0.2) is 11.1 Å². The lowest BCUT2D eigenvalue weighted by Gasteiger charge is -2.04. The summed E-state index contributed by atoms with van der Waals surface area (Å²) in [7, 11) is 1.38. The number of aliphatic carboxylic acids is 1. The molecule has 0 unspecified atom stereocenters. The minimum absolute atomic E-state index is 0.0684. The van der Waals surface area contributed by atoms with E-state index < -0.39 is 11.9 Å². The van der Waals surface area contributed by atoms with Gasteiger partial charge in [0.1, 0.15) is 6.29 Å². The fourth-order valence-corrected chi connectivity index (χ4v) is 0.818. The van der Waals surface area contributed by atoms with Crippen LogP contribution in [0.25, 0.3) is 0 Å². The van der Waals surface area contributed by atoms with Crippen molar-refractivity contribution in [2.45, 2.75) is 6.42 Å². The molecule has 0 radical (unpaired) electrons. The van der Waals surface area contributed by atoms with E-state index in [4.69, 9.17) is 10.8 Å². The first-order valence-electron chi connectivity index (χ1n) is 3.88. The van der Waals surface area contributed by atoms with Gasteiger partial charge in [-0.3, -0.25) is 9.59 Å². The van der Waals surface area contributed by atoms with Crippen molar-refractivity contribution in [3.05, 3.63) is 11.1 Å². The number of hydrogen-bond acceptors (Lipinski definition) is 4. The minimum atomic E-state index is -1.30. The number of carboxylic acid groups (broad SMARTS) is 1. The number of rotatable bonds is 5. The molecule has 0 atom stereocenters. The highest BCUT2D eigenvalue weighted by Crippen LogP contribution is 2.06. The topological polar surface area (TPSA) is 109 Å². The number of hydrogen-bond donors (Lipinski definition) is 3. The van der Waals surface area contributed by atoms with E-state index in [0.717, 1.165) is 0 Å². The zero-order valence-corrected chi connectivity index (χ0v) is 7.74. The van der Waals surface area contributed by atoms with Crippen molar-refractivity contribution in [1.29, 1.82) is 0 Å². The van der Waals surface area contributed by atoms with Crippen molar-refractivity contribution in [2.75, 3.05) is 13.6 Å². The second kappa shape index (κ2) is 5.87. The van der Waals surface area contributed by atoms with Crippen molar-refractivity contribution in [2.24, 2.45) is 5.73 Å². The van der Waals surface area contributed by atoms with Crippen LogP contribution in [-0.4, -0.2) is 36.9 Å². The standard InChI is InChI=1S/C8H12N2O4/c1-10-7(12)2-6(8(13)14)5(3-9)4-11/h4H,2-3,9H2,1H3,(H,10,12)(H,13,14)/b6-5+. The molecule has 1 amide bonds. The molecule has 0 saturated heterocycles. The summed E-state index contributed by atoms with van der Waals surface area (Å²) < 4.78 is 0. The fourth-order valence-electron chi connectivity index (χ4n) is 0.818. The Hall–Kier alpha value is -1.69. The highest BCUT2D eigenvalue weighted by atomic mass is 16.4. The average Bonchev–Trinajstić information content (AvgIpc) is 2.17. The summed E-state index contributed by atoms with van der Waals surface area (Å²) >= 11 is 0. The molecule has 14 heavy (non-hydrogen) atoms. The minimum Gasteiger partial charge on any atom is -0.478 e. The van der Waals surface area contributed by atoms with Crippen LogP contribution in [0.2, 0.25) is 0 Å². The molecule has 6 heteroatoms. The molecule has 78 valence electrons. The SMILES string of the molecule is CNC(=O)C/C(C(=O)O)=C(\C=O)CN. The maximum atomic E-state index is 10.9. The molecular formula is C8H12N2O4. The first-order chi connectivity index (χ1) is 6.56. The van der Waals surface area contributed by atoms with Crippen LogP contribution in [0.1, 0.15) is 6.42 Å². The zero-order chi connectivity index (χ0) is 11.1. The molecule has 0 aliphatic carbocycles. The summed E-state index contributed by atoms with van der Waals surface area (Å²) in [5.74, 6) is -1.78. The van der Waals surface area contributed by atoms with Gasteiger partial charge in [0.15, 0.2) is 0 Å². The molecule has 0 aliphatic heterocycles. The molecule has 0 heterocycles. The first kappa shape index (κ1) is 12.3. The molecule has 0 aromatic carbocycles. The number of carboxylic acids is 1. The van der Waals surface area contributed by atoms with Gasteiger partial charge in [0.05, 0.1) is 12.0 Å². The van der Waals surface area contributed by atoms with E-state index in [2.05, 4.69) is 5.32 Å². The Morgan fingerprint density at radius 2 is 2.07 bits per heavy atom. The Morgan fingerprint density at radius 3 is 2.36 bits per heavy atom. The molecule has 0 aromatic rings. The van der Waals surface area contributed by atoms with E-state index in [0.29, 0.717) is 6.29 Å². The summed E-state index contributed by atoms with van der Waals surface area (Å²) in [6, 6.07) is 0. The van der Waals surface area contributed by atoms with Gasteiger partial charge in [-0.2, -0.15) is 0 Å². The highest BCUT2D eigenvalue weighted by Gasteiger charge is 2.16. The van der Waals surface area contributed by atoms with Crippen LogP contribution in [0.5, 0.6) is 0 Å². The van der Waals surface area contributed by atoms with Gasteiger partial charge < -0.3 is 16.2 Å². The third-order valence-electron chi connectivity index (χ3n) is 1.62. The summed E-state index contributed by atoms with van der Waals surface area (Å²) in [5, 5.41) is 11.0. The van der Waals surface area contributed by atoms with Gasteiger partial charge in [-0.25, -0.2) is 4.79 Å². The van der Waals surface area contributed by atoms with Crippen LogP contribution >= 0.6 is 0 Å². The maximum absolute atomic E-state index is 10.9. The van der Waals surface area contributed by atoms with Crippen LogP contribution in [0.4, 0.5) is 0 Å². The van der Waals surface area contributed by atoms with Gasteiger partial charge in [-0.05, 0) is 0 Å². The maximum Gasteiger partial charge on any atom is 0.332 e. The van der Waals surface area contributed by atoms with Crippen molar-refractivity contribution >= 4 is 18.2 Å². The molecule has 4 N–H and O–H groups in total. The molecule has 0 bridgehead atoms. The second-order valence-corrected chi connectivity index (χ2v) is 2.48. The monoisotopic (exact) mass is 200 g/mol. The van der Waals surface area contributed by atoms with Gasteiger partial charge in [-0.15, -0.1) is 0 Å². The van der Waals surface area contributed by atoms with Crippen molar-refractivity contribution in [3.63, 3.8) is 0 Å². The Morgan fingerprint density at radius 1 is 1.50 bits per heavy atom. The van der Waals surface area contributed by atoms with E-state index in [-0.39, 0.29) is 24.1 Å². The Bertz CT molecular complexity index is 283. The fraction of sp³-hybridized carbons (Fsp3) is 0.375. The zero-order valence-electron chi connectivity index (χ0n) is 7.74. The van der Waals surface area contributed by atoms with E-state index in [1.807, 2.05) is 0 Å². The molecule has 0 fully saturated rings. The van der Waals surface area contributed by atoms with Gasteiger partial charge in [-0.1, -0.05) is 0 Å². The van der Waals surface area contributed by atoms with E-state index in [1.165, 1.54) is 7.05 Å². The summed E-state index contributed by atoms with van der Waals surface area (Å²) in [6.45, 7) is -0.192. The number of carbonyl (C=O) groups is 3. The second-order valence-electron chi connectivity index (χ2n) is 2.48. The molecular weight excluding hydrogens is 188 g/mol. The highest BCUT2D eigenvalue weighted by molar-refractivity contribution is 5.99. The first-order valence-corrected chi connectivity index (χ1v) is 3.88. The van der Waals surface area contributed by atoms with Gasteiger partial charge in [0.25, 0.3) is 0 Å². The van der Waals surface area contributed by atoms with E-state index >= 15 is 0 Å². The van der Waals surface area contributed by atoms with Crippen molar-refractivity contribution in [3.8, 4) is 0 Å². The van der Waals surface area contributed by atoms with Crippen LogP contribution in [0, 0.1) is 0 Å². The van der Waals surface area contributed by atoms with Gasteiger partial charge in [0, 0.05) is 19.2 Å². The van der Waals surface area contributed by atoms with Gasteiger partial charge >= 0.3 is 5.97 Å². The Balaban J connectivity index is 4.92. The normalized spacial score (nSPS) is 11.6. The summed E-state index contributed by atoms with van der Waals surface area (Å²) in [6.07, 6.45) is 0.00347. The van der Waals surface area contributed by atoms with Crippen LogP contribution < -0.4 is 11.1 Å². The third kappa shape index (κ3) is 3.36. The molecule has 6 nitrogen and oxygen atoms in total. The third-order valence-corrected chi connectivity index (χ3v) is 1.62. The van der Waals surface area contributed by atoms with E-state index in [1.54, 1.807) is 0 Å². The number of amides is 1. The number of nitrogens with two attached hydrogens (primary N) is 1. The Labute approximate surface area is 80.8 Å². The number of aldehydes is 1. The number of carbonyl (C=O) groups excluding carboxylic acids is 2. The Kier molecular flexibility index (Phi) is 5.16. The molecule has 0 spiro atoms. The molecule has 0 saturated carbocycles. The van der Waals surface area contributed by atoms with Crippen LogP contribution in [0.3, 0.4) is 0 Å². The molecule has 0 aromatic heterocycles. The van der Waals surface area contributed by atoms with E-state index in [9.17, 15) is 14.4 Å². The molecule has 0 rings (SSSR count). The predicted octanol–water partition coefficient (Wildman–Crippen LogP) is -1.34. The predicted molar refractivity (Wildman–Crippen MR) is 48.5 cm³/mol. The number of nitrogens with one attached hydrogen (secondary N) is 1. The average molecular weight is 200 g/mol. The van der Waals surface area contributed by atoms with Crippen molar-refractivity contribution < 1.29 is 19.5 Å². The lowest BCUT2D eigenvalue weighted by Crippen LogP contribution is -2.22. The van der Waals surface area contributed by atoms with Crippen molar-refractivity contribution in [1.82, 2.24) is 5.32 Å². The van der Waals surface area contributed by atoms with Gasteiger partial charge in [0.2, 0.25) is 5.91 Å². The lowest BCUT2D eigenvalue weighted by molar-refractivity contribution is -0.134. The largest absolute Gasteiger partial charge is 0.478 e. The summed E-state index contributed by atoms with van der Waals surface area (Å²) in [4.78, 5) is 32.0. The van der Waals surface area contributed by atoms with Crippen LogP contribution in [-0.2, 0) is 14.4 Å². The lowest BCUT2D eigenvalue weighted by atomic mass is 10.1. The quantitative estimate of drug-likeness (QED) is 0.376. The smallest absolute Gasteiger partial charge is 0.332 e.